The Hall–Kier alpha value is -1.41. The Bertz CT molecular complexity index is 564. The Kier molecular flexibility index (Phi) is 5.13. The first-order valence-electron chi connectivity index (χ1n) is 7.59. The fourth-order valence-electron chi connectivity index (χ4n) is 3.02. The largest absolute Gasteiger partial charge is 0.310 e. The Labute approximate surface area is 121 Å². The molecular weight excluding hydrogens is 249 g/mol. The molecule has 0 fully saturated rings. The third kappa shape index (κ3) is 3.01. The molecule has 0 amide bonds. The van der Waals surface area contributed by atoms with Crippen molar-refractivity contribution in [2.75, 3.05) is 6.54 Å². The SMILES string of the molecule is CCCC(C)C(NCC)c1ccc(F)c2ccccc12. The number of hydrogen-bond acceptors (Lipinski definition) is 1. The molecule has 0 heterocycles. The van der Waals surface area contributed by atoms with Crippen LogP contribution in [0, 0.1) is 11.7 Å². The minimum atomic E-state index is -0.136. The topological polar surface area (TPSA) is 12.0 Å². The number of nitrogens with one attached hydrogen (secondary N) is 1. The van der Waals surface area contributed by atoms with E-state index in [2.05, 4.69) is 26.1 Å². The molecule has 2 rings (SSSR count). The predicted molar refractivity (Wildman–Crippen MR) is 84.4 cm³/mol. The van der Waals surface area contributed by atoms with Crippen molar-refractivity contribution >= 4 is 10.8 Å². The van der Waals surface area contributed by atoms with Gasteiger partial charge in [0.15, 0.2) is 0 Å². The van der Waals surface area contributed by atoms with Gasteiger partial charge < -0.3 is 5.32 Å². The van der Waals surface area contributed by atoms with E-state index in [9.17, 15) is 4.39 Å². The van der Waals surface area contributed by atoms with Crippen LogP contribution in [0.3, 0.4) is 0 Å². The van der Waals surface area contributed by atoms with E-state index in [1.54, 1.807) is 6.07 Å². The van der Waals surface area contributed by atoms with Gasteiger partial charge in [0, 0.05) is 11.4 Å². The molecule has 1 N–H and O–H groups in total. The van der Waals surface area contributed by atoms with Crippen LogP contribution in [0.25, 0.3) is 10.8 Å². The second-order valence-corrected chi connectivity index (χ2v) is 5.48. The molecule has 2 unspecified atom stereocenters. The maximum atomic E-state index is 13.9. The van der Waals surface area contributed by atoms with Crippen molar-refractivity contribution in [1.82, 2.24) is 5.32 Å². The van der Waals surface area contributed by atoms with E-state index < -0.39 is 0 Å². The van der Waals surface area contributed by atoms with Crippen LogP contribution in [-0.4, -0.2) is 6.54 Å². The molecule has 0 radical (unpaired) electrons. The molecule has 0 aliphatic carbocycles. The van der Waals surface area contributed by atoms with Crippen LogP contribution in [0.2, 0.25) is 0 Å². The van der Waals surface area contributed by atoms with E-state index in [0.717, 1.165) is 17.3 Å². The highest BCUT2D eigenvalue weighted by molar-refractivity contribution is 5.86. The maximum absolute atomic E-state index is 13.9. The van der Waals surface area contributed by atoms with Gasteiger partial charge in [0.1, 0.15) is 5.82 Å². The van der Waals surface area contributed by atoms with Gasteiger partial charge in [-0.05, 0) is 35.9 Å². The summed E-state index contributed by atoms with van der Waals surface area (Å²) in [5.41, 5.74) is 1.21. The van der Waals surface area contributed by atoms with Crippen LogP contribution < -0.4 is 5.32 Å². The highest BCUT2D eigenvalue weighted by Gasteiger charge is 2.20. The summed E-state index contributed by atoms with van der Waals surface area (Å²) in [6.45, 7) is 7.53. The van der Waals surface area contributed by atoms with Gasteiger partial charge in [-0.15, -0.1) is 0 Å². The average molecular weight is 273 g/mol. The summed E-state index contributed by atoms with van der Waals surface area (Å²) in [5, 5.41) is 5.32. The third-order valence-corrected chi connectivity index (χ3v) is 3.98. The molecule has 2 atom stereocenters. The zero-order valence-corrected chi connectivity index (χ0v) is 12.6. The molecule has 1 nitrogen and oxygen atoms in total. The summed E-state index contributed by atoms with van der Waals surface area (Å²) >= 11 is 0. The van der Waals surface area contributed by atoms with Gasteiger partial charge in [0.25, 0.3) is 0 Å². The molecule has 0 saturated carbocycles. The van der Waals surface area contributed by atoms with Gasteiger partial charge in [-0.25, -0.2) is 4.39 Å². The third-order valence-electron chi connectivity index (χ3n) is 3.98. The van der Waals surface area contributed by atoms with Crippen LogP contribution in [-0.2, 0) is 0 Å². The molecule has 108 valence electrons. The maximum Gasteiger partial charge on any atom is 0.131 e. The second-order valence-electron chi connectivity index (χ2n) is 5.48. The fourth-order valence-corrected chi connectivity index (χ4v) is 3.02. The van der Waals surface area contributed by atoms with Crippen LogP contribution in [0.4, 0.5) is 4.39 Å². The second kappa shape index (κ2) is 6.85. The van der Waals surface area contributed by atoms with Gasteiger partial charge in [-0.1, -0.05) is 57.5 Å². The lowest BCUT2D eigenvalue weighted by Crippen LogP contribution is -2.27. The monoisotopic (exact) mass is 273 g/mol. The van der Waals surface area contributed by atoms with E-state index in [-0.39, 0.29) is 11.9 Å². The van der Waals surface area contributed by atoms with Crippen molar-refractivity contribution in [2.24, 2.45) is 5.92 Å². The number of benzene rings is 2. The Morgan fingerprint density at radius 1 is 1.05 bits per heavy atom. The summed E-state index contributed by atoms with van der Waals surface area (Å²) in [6, 6.07) is 11.6. The van der Waals surface area contributed by atoms with Crippen molar-refractivity contribution in [3.63, 3.8) is 0 Å². The fraction of sp³-hybridized carbons (Fsp3) is 0.444. The van der Waals surface area contributed by atoms with E-state index in [0.29, 0.717) is 5.92 Å². The van der Waals surface area contributed by atoms with Crippen LogP contribution >= 0.6 is 0 Å². The number of rotatable bonds is 6. The lowest BCUT2D eigenvalue weighted by Gasteiger charge is -2.26. The van der Waals surface area contributed by atoms with E-state index in [4.69, 9.17) is 0 Å². The van der Waals surface area contributed by atoms with Crippen molar-refractivity contribution in [2.45, 2.75) is 39.7 Å². The Morgan fingerprint density at radius 3 is 2.40 bits per heavy atom. The molecule has 0 aromatic heterocycles. The average Bonchev–Trinajstić information content (AvgIpc) is 2.46. The Morgan fingerprint density at radius 2 is 1.75 bits per heavy atom. The standard InChI is InChI=1S/C18H24FN/c1-4-8-13(3)18(20-5-2)16-11-12-17(19)15-10-7-6-9-14(15)16/h6-7,9-13,18,20H,4-5,8H2,1-3H3. The van der Waals surface area contributed by atoms with E-state index in [1.807, 2.05) is 30.3 Å². The predicted octanol–water partition coefficient (Wildman–Crippen LogP) is 5.07. The minimum absolute atomic E-state index is 0.136. The molecule has 2 heteroatoms. The first-order valence-corrected chi connectivity index (χ1v) is 7.59. The molecule has 0 aliphatic heterocycles. The van der Waals surface area contributed by atoms with Crippen LogP contribution in [0.1, 0.15) is 45.2 Å². The van der Waals surface area contributed by atoms with Crippen LogP contribution in [0.5, 0.6) is 0 Å². The normalized spacial score (nSPS) is 14.4. The summed E-state index contributed by atoms with van der Waals surface area (Å²) in [5.74, 6) is 0.400. The van der Waals surface area contributed by atoms with Crippen LogP contribution in [0.15, 0.2) is 36.4 Å². The van der Waals surface area contributed by atoms with Crippen molar-refractivity contribution in [3.8, 4) is 0 Å². The quantitative estimate of drug-likeness (QED) is 0.775. The van der Waals surface area contributed by atoms with Crippen molar-refractivity contribution < 1.29 is 4.39 Å². The summed E-state index contributed by atoms with van der Waals surface area (Å²) in [6.07, 6.45) is 2.34. The lowest BCUT2D eigenvalue weighted by atomic mass is 9.88. The van der Waals surface area contributed by atoms with Gasteiger partial charge in [0.2, 0.25) is 0 Å². The van der Waals surface area contributed by atoms with E-state index >= 15 is 0 Å². The number of hydrogen-bond donors (Lipinski definition) is 1. The van der Waals surface area contributed by atoms with Crippen molar-refractivity contribution in [3.05, 3.63) is 47.8 Å². The van der Waals surface area contributed by atoms with Gasteiger partial charge >= 0.3 is 0 Å². The molecule has 0 saturated heterocycles. The summed E-state index contributed by atoms with van der Waals surface area (Å²) < 4.78 is 13.9. The molecule has 2 aromatic carbocycles. The zero-order chi connectivity index (χ0) is 14.5. The molecule has 20 heavy (non-hydrogen) atoms. The number of fused-ring (bicyclic) bond motifs is 1. The summed E-state index contributed by atoms with van der Waals surface area (Å²) in [4.78, 5) is 0. The molecule has 2 aromatic rings. The van der Waals surface area contributed by atoms with Gasteiger partial charge in [-0.3, -0.25) is 0 Å². The highest BCUT2D eigenvalue weighted by atomic mass is 19.1. The minimum Gasteiger partial charge on any atom is -0.310 e. The zero-order valence-electron chi connectivity index (χ0n) is 12.6. The highest BCUT2D eigenvalue weighted by Crippen LogP contribution is 2.32. The van der Waals surface area contributed by atoms with E-state index in [1.165, 1.54) is 18.4 Å². The lowest BCUT2D eigenvalue weighted by molar-refractivity contribution is 0.371. The first-order chi connectivity index (χ1) is 9.69. The molecule has 0 bridgehead atoms. The summed E-state index contributed by atoms with van der Waals surface area (Å²) in [7, 11) is 0. The number of halogens is 1. The van der Waals surface area contributed by atoms with Crippen molar-refractivity contribution in [1.29, 1.82) is 0 Å². The van der Waals surface area contributed by atoms with Gasteiger partial charge in [-0.2, -0.15) is 0 Å². The van der Waals surface area contributed by atoms with Gasteiger partial charge in [0.05, 0.1) is 0 Å². The Balaban J connectivity index is 2.50. The first kappa shape index (κ1) is 15.0. The smallest absolute Gasteiger partial charge is 0.131 e. The molecule has 0 aliphatic rings. The molecular formula is C18H24FN. The molecule has 0 spiro atoms.